The molecule has 1 aromatic heterocycles. The molecule has 0 bridgehead atoms. The minimum absolute atomic E-state index is 0.000716. The summed E-state index contributed by atoms with van der Waals surface area (Å²) in [6, 6.07) is 15.1. The Labute approximate surface area is 209 Å². The fraction of sp³-hybridized carbons (Fsp3) is 0.400. The molecule has 35 heavy (non-hydrogen) atoms. The van der Waals surface area contributed by atoms with Crippen LogP contribution in [-0.2, 0) is 23.1 Å². The van der Waals surface area contributed by atoms with E-state index in [0.29, 0.717) is 18.0 Å². The highest BCUT2D eigenvalue weighted by molar-refractivity contribution is 7.99. The van der Waals surface area contributed by atoms with Crippen molar-refractivity contribution in [2.24, 2.45) is 13.0 Å². The summed E-state index contributed by atoms with van der Waals surface area (Å²) in [5, 5.41) is 23.9. The molecule has 1 aliphatic rings. The molecular weight excluding hydrogens is 466 g/mol. The maximum absolute atomic E-state index is 11.8. The number of urea groups is 1. The number of nitrogens with zero attached hydrogens (tertiary/aromatic N) is 3. The molecule has 4 unspecified atom stereocenters. The minimum Gasteiger partial charge on any atom is -0.392 e. The van der Waals surface area contributed by atoms with E-state index in [0.717, 1.165) is 21.8 Å². The first kappa shape index (κ1) is 25.2. The lowest BCUT2D eigenvalue weighted by Crippen LogP contribution is -2.38. The van der Waals surface area contributed by atoms with Crippen molar-refractivity contribution in [3.63, 3.8) is 0 Å². The molecule has 4 rings (SSSR count). The number of aryl methyl sites for hydroxylation is 1. The van der Waals surface area contributed by atoms with Gasteiger partial charge in [0.2, 0.25) is 0 Å². The second kappa shape index (κ2) is 11.7. The fourth-order valence-corrected chi connectivity index (χ4v) is 4.98. The summed E-state index contributed by atoms with van der Waals surface area (Å²) in [6.45, 7) is 4.55. The van der Waals surface area contributed by atoms with Crippen LogP contribution in [0.3, 0.4) is 0 Å². The van der Waals surface area contributed by atoms with Crippen LogP contribution >= 0.6 is 11.8 Å². The van der Waals surface area contributed by atoms with Crippen LogP contribution in [0.5, 0.6) is 0 Å². The van der Waals surface area contributed by atoms with Gasteiger partial charge < -0.3 is 29.8 Å². The zero-order chi connectivity index (χ0) is 24.8. The number of carbonyl (C=O) groups excluding carboxylic acids is 1. The summed E-state index contributed by atoms with van der Waals surface area (Å²) in [5.74, 6) is 0.765. The number of ether oxygens (including phenoxy) is 2. The summed E-state index contributed by atoms with van der Waals surface area (Å²) < 4.78 is 14.8. The molecule has 3 aromatic rings. The minimum atomic E-state index is -0.572. The Balaban J connectivity index is 1.54. The van der Waals surface area contributed by atoms with Crippen molar-refractivity contribution in [1.29, 1.82) is 0 Å². The summed E-state index contributed by atoms with van der Waals surface area (Å²) in [7, 11) is 1.92. The van der Waals surface area contributed by atoms with Gasteiger partial charge in [-0.1, -0.05) is 55.1 Å². The van der Waals surface area contributed by atoms with Crippen molar-refractivity contribution in [3.8, 4) is 0 Å². The zero-order valence-corrected chi connectivity index (χ0v) is 20.9. The van der Waals surface area contributed by atoms with Crippen molar-refractivity contribution >= 4 is 23.5 Å². The second-order valence-corrected chi connectivity index (χ2v) is 9.45. The average molecular weight is 498 g/mol. The molecule has 0 aliphatic carbocycles. The number of aliphatic hydroxyl groups is 1. The Morgan fingerprint density at radius 1 is 1.11 bits per heavy atom. The van der Waals surface area contributed by atoms with Gasteiger partial charge in [0.05, 0.1) is 18.8 Å². The van der Waals surface area contributed by atoms with E-state index in [1.54, 1.807) is 18.1 Å². The molecule has 2 heterocycles. The van der Waals surface area contributed by atoms with Gasteiger partial charge in [-0.2, -0.15) is 0 Å². The first-order valence-corrected chi connectivity index (χ1v) is 12.6. The smallest absolute Gasteiger partial charge is 0.319 e. The molecule has 1 saturated heterocycles. The molecule has 3 N–H and O–H groups in total. The molecule has 10 heteroatoms. The van der Waals surface area contributed by atoms with Gasteiger partial charge in [-0.3, -0.25) is 0 Å². The predicted molar refractivity (Wildman–Crippen MR) is 134 cm³/mol. The Morgan fingerprint density at radius 2 is 1.83 bits per heavy atom. The normalized spacial score (nSPS) is 22.1. The number of hydrogen-bond acceptors (Lipinski definition) is 7. The number of aromatic nitrogens is 3. The molecule has 0 spiro atoms. The summed E-state index contributed by atoms with van der Waals surface area (Å²) in [6.07, 6.45) is 0.810. The van der Waals surface area contributed by atoms with Gasteiger partial charge >= 0.3 is 6.03 Å². The van der Waals surface area contributed by atoms with Gasteiger partial charge in [0.1, 0.15) is 6.33 Å². The van der Waals surface area contributed by atoms with Gasteiger partial charge in [-0.05, 0) is 30.2 Å². The molecule has 9 nitrogen and oxygen atoms in total. The average Bonchev–Trinajstić information content (AvgIpc) is 3.28. The third kappa shape index (κ3) is 6.21. The highest BCUT2D eigenvalue weighted by Crippen LogP contribution is 2.43. The van der Waals surface area contributed by atoms with Gasteiger partial charge in [-0.15, -0.1) is 10.2 Å². The van der Waals surface area contributed by atoms with Crippen LogP contribution in [-0.4, -0.2) is 44.3 Å². The van der Waals surface area contributed by atoms with Gasteiger partial charge in [0.25, 0.3) is 0 Å². The lowest BCUT2D eigenvalue weighted by Gasteiger charge is -2.41. The van der Waals surface area contributed by atoms with Crippen LogP contribution in [0, 0.1) is 5.92 Å². The maximum atomic E-state index is 11.8. The standard InChI is InChI=1S/C25H31N5O4S/c1-4-26-24(32)28-20-11-9-19(10-12-20)23-33-21(14-35-25-29-27-15-30(25)3)16(2)22(34-23)18-7-5-17(13-31)6-8-18/h5-12,15-16,21-23,31H,4,13-14H2,1-3H3,(H2,26,28,32). The monoisotopic (exact) mass is 497 g/mol. The Bertz CT molecular complexity index is 1110. The number of thioether (sulfide) groups is 1. The number of rotatable bonds is 8. The number of aliphatic hydroxyl groups excluding tert-OH is 1. The van der Waals surface area contributed by atoms with E-state index in [1.165, 1.54) is 0 Å². The van der Waals surface area contributed by atoms with Crippen LogP contribution < -0.4 is 10.6 Å². The number of hydrogen-bond donors (Lipinski definition) is 3. The predicted octanol–water partition coefficient (Wildman–Crippen LogP) is 4.03. The van der Waals surface area contributed by atoms with E-state index < -0.39 is 6.29 Å². The van der Waals surface area contributed by atoms with Gasteiger partial charge in [0.15, 0.2) is 11.4 Å². The third-order valence-corrected chi connectivity index (χ3v) is 7.07. The van der Waals surface area contributed by atoms with E-state index in [-0.39, 0.29) is 30.8 Å². The highest BCUT2D eigenvalue weighted by atomic mass is 32.2. The summed E-state index contributed by atoms with van der Waals surface area (Å²) in [4.78, 5) is 11.8. The van der Waals surface area contributed by atoms with Gasteiger partial charge in [0, 0.05) is 36.5 Å². The number of nitrogens with one attached hydrogen (secondary N) is 2. The molecule has 4 atom stereocenters. The molecule has 1 fully saturated rings. The van der Waals surface area contributed by atoms with Crippen molar-refractivity contribution < 1.29 is 19.4 Å². The molecule has 1 aliphatic heterocycles. The van der Waals surface area contributed by atoms with E-state index in [9.17, 15) is 9.90 Å². The quantitative estimate of drug-likeness (QED) is 0.403. The van der Waals surface area contributed by atoms with E-state index in [1.807, 2.05) is 67.1 Å². The third-order valence-electron chi connectivity index (χ3n) is 5.95. The van der Waals surface area contributed by atoms with Crippen molar-refractivity contribution in [1.82, 2.24) is 20.1 Å². The van der Waals surface area contributed by atoms with E-state index in [4.69, 9.17) is 9.47 Å². The highest BCUT2D eigenvalue weighted by Gasteiger charge is 2.38. The second-order valence-electron chi connectivity index (χ2n) is 8.46. The largest absolute Gasteiger partial charge is 0.392 e. The lowest BCUT2D eigenvalue weighted by molar-refractivity contribution is -0.268. The Morgan fingerprint density at radius 3 is 2.46 bits per heavy atom. The Kier molecular flexibility index (Phi) is 8.40. The van der Waals surface area contributed by atoms with Crippen molar-refractivity contribution in [2.45, 2.75) is 44.1 Å². The molecule has 186 valence electrons. The van der Waals surface area contributed by atoms with E-state index in [2.05, 4.69) is 27.8 Å². The topological polar surface area (TPSA) is 111 Å². The molecule has 0 saturated carbocycles. The molecule has 2 aromatic carbocycles. The number of anilines is 1. The van der Waals surface area contributed by atoms with Crippen LogP contribution in [0.25, 0.3) is 0 Å². The lowest BCUT2D eigenvalue weighted by atomic mass is 9.91. The van der Waals surface area contributed by atoms with Crippen LogP contribution in [0.2, 0.25) is 0 Å². The number of benzene rings is 2. The molecular formula is C25H31N5O4S. The number of amides is 2. The van der Waals surface area contributed by atoms with E-state index >= 15 is 0 Å². The van der Waals surface area contributed by atoms with Crippen LogP contribution in [0.4, 0.5) is 10.5 Å². The summed E-state index contributed by atoms with van der Waals surface area (Å²) >= 11 is 1.60. The Hall–Kier alpha value is -2.92. The first-order valence-electron chi connectivity index (χ1n) is 11.6. The van der Waals surface area contributed by atoms with Crippen molar-refractivity contribution in [3.05, 3.63) is 71.5 Å². The molecule has 0 radical (unpaired) electrons. The first-order chi connectivity index (χ1) is 17.0. The van der Waals surface area contributed by atoms with Crippen molar-refractivity contribution in [2.75, 3.05) is 17.6 Å². The SMILES string of the molecule is CCNC(=O)Nc1ccc(C2OC(CSc3nncn3C)C(C)C(c3ccc(CO)cc3)O2)cc1. The van der Waals surface area contributed by atoms with Gasteiger partial charge in [-0.25, -0.2) is 4.79 Å². The fourth-order valence-electron chi connectivity index (χ4n) is 3.93. The van der Waals surface area contributed by atoms with Crippen LogP contribution in [0.15, 0.2) is 60.0 Å². The van der Waals surface area contributed by atoms with Crippen LogP contribution in [0.1, 0.15) is 42.9 Å². The maximum Gasteiger partial charge on any atom is 0.319 e. The summed E-state index contributed by atoms with van der Waals surface area (Å²) in [5.41, 5.74) is 3.44. The molecule has 2 amide bonds. The zero-order valence-electron chi connectivity index (χ0n) is 20.0. The number of carbonyl (C=O) groups is 1.